The van der Waals surface area contributed by atoms with Crippen molar-refractivity contribution >= 4 is 17.1 Å². The molecule has 3 unspecified atom stereocenters. The Balaban J connectivity index is 1.14. The molecule has 0 bridgehead atoms. The fourth-order valence-electron chi connectivity index (χ4n) is 13.7. The van der Waals surface area contributed by atoms with Gasteiger partial charge >= 0.3 is 0 Å². The van der Waals surface area contributed by atoms with Gasteiger partial charge in [0.2, 0.25) is 0 Å². The molecular weight excluding hydrogens is 883 g/mol. The summed E-state index contributed by atoms with van der Waals surface area (Å²) in [4.78, 5) is 2.59. The molecule has 0 amide bonds. The highest BCUT2D eigenvalue weighted by Crippen LogP contribution is 2.67. The molecular formula is C71H61NO. The number of hydrogen-bond donors (Lipinski definition) is 0. The molecule has 0 aromatic heterocycles. The van der Waals surface area contributed by atoms with E-state index in [-0.39, 0.29) is 22.7 Å². The SMILES string of the molecule is CC1C2=C(C=CC1C(C)(C)C)Oc1ccc(C(C)(C)C)cc1C21c2ccccc2-c2c(N(c3ccc4c(c3)C(c3ccccc3)(c3ccccc3)c3ccccc3-4)c3ccccc3-c3ccccc3)cccc21. The molecule has 13 rings (SSSR count). The van der Waals surface area contributed by atoms with Crippen LogP contribution < -0.4 is 9.64 Å². The van der Waals surface area contributed by atoms with Crippen LogP contribution in [-0.2, 0) is 16.2 Å². The van der Waals surface area contributed by atoms with E-state index < -0.39 is 10.8 Å². The number of benzene rings is 9. The van der Waals surface area contributed by atoms with Crippen LogP contribution in [0.15, 0.2) is 242 Å². The summed E-state index contributed by atoms with van der Waals surface area (Å²) < 4.78 is 7.18. The molecule has 73 heavy (non-hydrogen) atoms. The molecule has 2 nitrogen and oxygen atoms in total. The minimum atomic E-state index is -0.639. The summed E-state index contributed by atoms with van der Waals surface area (Å²) in [7, 11) is 0. The average molecular weight is 944 g/mol. The first kappa shape index (κ1) is 45.0. The molecule has 1 aliphatic heterocycles. The van der Waals surface area contributed by atoms with E-state index in [1.807, 2.05) is 0 Å². The van der Waals surface area contributed by atoms with Crippen molar-refractivity contribution in [2.24, 2.45) is 17.3 Å². The Kier molecular flexibility index (Phi) is 10.2. The molecule has 1 spiro atoms. The normalized spacial score (nSPS) is 18.8. The molecule has 1 heterocycles. The quantitative estimate of drug-likeness (QED) is 0.165. The summed E-state index contributed by atoms with van der Waals surface area (Å²) in [6.07, 6.45) is 4.72. The summed E-state index contributed by atoms with van der Waals surface area (Å²) in [6, 6.07) is 82.1. The van der Waals surface area contributed by atoms with Gasteiger partial charge in [0.1, 0.15) is 11.5 Å². The lowest BCUT2D eigenvalue weighted by molar-refractivity contribution is 0.216. The second-order valence-electron chi connectivity index (χ2n) is 22.9. The molecule has 0 saturated carbocycles. The molecule has 0 fully saturated rings. The second-order valence-corrected chi connectivity index (χ2v) is 22.9. The van der Waals surface area contributed by atoms with Crippen LogP contribution >= 0.6 is 0 Å². The van der Waals surface area contributed by atoms with Crippen molar-refractivity contribution in [2.45, 2.75) is 64.7 Å². The Bertz CT molecular complexity index is 3660. The topological polar surface area (TPSA) is 12.5 Å². The van der Waals surface area contributed by atoms with Crippen molar-refractivity contribution in [2.75, 3.05) is 4.90 Å². The van der Waals surface area contributed by atoms with Gasteiger partial charge < -0.3 is 9.64 Å². The Hall–Kier alpha value is -7.94. The maximum atomic E-state index is 7.18. The van der Waals surface area contributed by atoms with E-state index in [2.05, 4.69) is 284 Å². The molecule has 0 saturated heterocycles. The first-order valence-corrected chi connectivity index (χ1v) is 26.2. The smallest absolute Gasteiger partial charge is 0.132 e. The first-order valence-electron chi connectivity index (χ1n) is 26.2. The number of anilines is 3. The zero-order valence-electron chi connectivity index (χ0n) is 42.9. The Morgan fingerprint density at radius 1 is 0.452 bits per heavy atom. The fraction of sp³-hybridized carbons (Fsp3) is 0.183. The molecule has 4 aliphatic rings. The number of nitrogens with zero attached hydrogens (tertiary/aromatic N) is 1. The standard InChI is InChI=1S/C71H61NO/c1-46-56(69(5,6)7)41-43-65-67(46)71(61-44-50(68(2,3)4)38-42-64(61)73-65)58-34-21-18-32-55(58)66-59(71)35-23-37-63(66)72(62-36-22-19-30-52(62)47-24-11-8-12-25-47)51-39-40-54-53-31-17-20-33-57(53)70(60(54)45-51,48-26-13-9-14-27-48)49-28-15-10-16-29-49/h8-46,56H,1-7H3. The Morgan fingerprint density at radius 2 is 1.01 bits per heavy atom. The monoisotopic (exact) mass is 943 g/mol. The zero-order valence-corrected chi connectivity index (χ0v) is 42.9. The van der Waals surface area contributed by atoms with Gasteiger partial charge in [0.15, 0.2) is 0 Å². The maximum Gasteiger partial charge on any atom is 0.132 e. The average Bonchev–Trinajstić information content (AvgIpc) is 3.87. The van der Waals surface area contributed by atoms with Gasteiger partial charge in [0, 0.05) is 22.4 Å². The number of fused-ring (bicyclic) bond motifs is 11. The molecule has 9 aromatic rings. The van der Waals surface area contributed by atoms with Gasteiger partial charge in [-0.2, -0.15) is 0 Å². The summed E-state index contributed by atoms with van der Waals surface area (Å²) >= 11 is 0. The van der Waals surface area contributed by atoms with E-state index in [0.29, 0.717) is 0 Å². The van der Waals surface area contributed by atoms with E-state index in [1.54, 1.807) is 0 Å². The van der Waals surface area contributed by atoms with E-state index in [4.69, 9.17) is 4.74 Å². The third kappa shape index (κ3) is 6.55. The van der Waals surface area contributed by atoms with Gasteiger partial charge in [-0.3, -0.25) is 0 Å². The highest BCUT2D eigenvalue weighted by atomic mass is 16.5. The van der Waals surface area contributed by atoms with Crippen molar-refractivity contribution in [3.05, 3.63) is 286 Å². The predicted molar refractivity (Wildman–Crippen MR) is 303 cm³/mol. The van der Waals surface area contributed by atoms with Crippen molar-refractivity contribution < 1.29 is 4.74 Å². The van der Waals surface area contributed by atoms with E-state index in [0.717, 1.165) is 34.1 Å². The molecule has 356 valence electrons. The molecule has 2 heteroatoms. The van der Waals surface area contributed by atoms with Crippen LogP contribution in [0.5, 0.6) is 5.75 Å². The minimum Gasteiger partial charge on any atom is -0.457 e. The predicted octanol–water partition coefficient (Wildman–Crippen LogP) is 18.3. The number of para-hydroxylation sites is 1. The summed E-state index contributed by atoms with van der Waals surface area (Å²) in [5.41, 5.74) is 21.0. The van der Waals surface area contributed by atoms with Crippen LogP contribution in [0.1, 0.15) is 93.0 Å². The fourth-order valence-corrected chi connectivity index (χ4v) is 13.7. The van der Waals surface area contributed by atoms with Crippen molar-refractivity contribution in [3.8, 4) is 39.1 Å². The minimum absolute atomic E-state index is 0.0197. The highest BCUT2D eigenvalue weighted by molar-refractivity contribution is 6.01. The highest BCUT2D eigenvalue weighted by Gasteiger charge is 2.56. The lowest BCUT2D eigenvalue weighted by Crippen LogP contribution is -2.42. The van der Waals surface area contributed by atoms with Crippen molar-refractivity contribution in [1.82, 2.24) is 0 Å². The molecule has 3 atom stereocenters. The van der Waals surface area contributed by atoms with E-state index in [1.165, 1.54) is 77.9 Å². The lowest BCUT2D eigenvalue weighted by Gasteiger charge is -2.48. The van der Waals surface area contributed by atoms with Gasteiger partial charge in [-0.1, -0.05) is 237 Å². The van der Waals surface area contributed by atoms with Crippen molar-refractivity contribution in [1.29, 1.82) is 0 Å². The molecule has 0 radical (unpaired) electrons. The largest absolute Gasteiger partial charge is 0.457 e. The number of hydrogen-bond acceptors (Lipinski definition) is 2. The first-order chi connectivity index (χ1) is 35.4. The summed E-state index contributed by atoms with van der Waals surface area (Å²) in [5.74, 6) is 2.36. The van der Waals surface area contributed by atoms with Crippen molar-refractivity contribution in [3.63, 3.8) is 0 Å². The number of allylic oxidation sites excluding steroid dienone is 3. The van der Waals surface area contributed by atoms with Crippen LogP contribution in [0.25, 0.3) is 33.4 Å². The van der Waals surface area contributed by atoms with E-state index >= 15 is 0 Å². The number of ether oxygens (including phenoxy) is 1. The van der Waals surface area contributed by atoms with Gasteiger partial charge in [-0.25, -0.2) is 0 Å². The van der Waals surface area contributed by atoms with Crippen LogP contribution in [0.3, 0.4) is 0 Å². The van der Waals surface area contributed by atoms with Crippen LogP contribution in [0.2, 0.25) is 0 Å². The van der Waals surface area contributed by atoms with Gasteiger partial charge in [0.25, 0.3) is 0 Å². The Morgan fingerprint density at radius 3 is 1.68 bits per heavy atom. The molecule has 9 aromatic carbocycles. The van der Waals surface area contributed by atoms with Crippen LogP contribution in [0, 0.1) is 17.3 Å². The van der Waals surface area contributed by atoms with Crippen LogP contribution in [-0.4, -0.2) is 0 Å². The Labute approximate surface area is 432 Å². The lowest BCUT2D eigenvalue weighted by atomic mass is 9.57. The maximum absolute atomic E-state index is 7.18. The van der Waals surface area contributed by atoms with Gasteiger partial charge in [-0.05, 0) is 132 Å². The van der Waals surface area contributed by atoms with E-state index in [9.17, 15) is 0 Å². The third-order valence-corrected chi connectivity index (χ3v) is 16.8. The number of rotatable bonds is 6. The molecule has 0 N–H and O–H groups in total. The second kappa shape index (κ2) is 16.6. The van der Waals surface area contributed by atoms with Gasteiger partial charge in [0.05, 0.1) is 22.2 Å². The summed E-state index contributed by atoms with van der Waals surface area (Å²) in [6.45, 7) is 16.6. The summed E-state index contributed by atoms with van der Waals surface area (Å²) in [5, 5.41) is 0. The van der Waals surface area contributed by atoms with Crippen LogP contribution in [0.4, 0.5) is 17.1 Å². The van der Waals surface area contributed by atoms with Gasteiger partial charge in [-0.15, -0.1) is 0 Å². The zero-order chi connectivity index (χ0) is 49.9. The third-order valence-electron chi connectivity index (χ3n) is 16.8. The molecule has 3 aliphatic carbocycles.